The van der Waals surface area contributed by atoms with Gasteiger partial charge in [0.05, 0.1) is 14.2 Å². The number of methoxy groups -OCH3 is 2. The minimum atomic E-state index is -0.939. The average Bonchev–Trinajstić information content (AvgIpc) is 3.06. The van der Waals surface area contributed by atoms with E-state index in [0.29, 0.717) is 0 Å². The first-order valence-electron chi connectivity index (χ1n) is 14.4. The zero-order valence-electron chi connectivity index (χ0n) is 24.6. The normalized spacial score (nSPS) is 13.0. The number of fused-ring (bicyclic) bond motifs is 2. The monoisotopic (exact) mass is 569 g/mol. The molecule has 0 heterocycles. The Balaban J connectivity index is 1.53. The van der Waals surface area contributed by atoms with Crippen molar-refractivity contribution >= 4 is 40.2 Å². The van der Waals surface area contributed by atoms with Gasteiger partial charge in [0, 0.05) is 20.2 Å². The third-order valence-corrected chi connectivity index (χ3v) is 10.9. The fraction of sp³-hybridized carbons (Fsp3) is 0.158. The third-order valence-electron chi connectivity index (χ3n) is 8.17. The van der Waals surface area contributed by atoms with Crippen molar-refractivity contribution in [1.82, 2.24) is 4.67 Å². The predicted molar refractivity (Wildman–Crippen MR) is 179 cm³/mol. The van der Waals surface area contributed by atoms with Gasteiger partial charge in [-0.1, -0.05) is 72.8 Å². The molecule has 0 radical (unpaired) electrons. The van der Waals surface area contributed by atoms with Crippen molar-refractivity contribution in [2.75, 3.05) is 14.2 Å². The van der Waals surface area contributed by atoms with Gasteiger partial charge in [0.25, 0.3) is 0 Å². The molecule has 6 rings (SSSR count). The molecule has 0 saturated heterocycles. The van der Waals surface area contributed by atoms with Gasteiger partial charge in [0.2, 0.25) is 0 Å². The second kappa shape index (κ2) is 12.4. The molecule has 0 spiro atoms. The minimum Gasteiger partial charge on any atom is -0.497 e. The molecule has 0 unspecified atom stereocenters. The molecule has 0 fully saturated rings. The fourth-order valence-corrected chi connectivity index (χ4v) is 8.44. The Labute approximate surface area is 250 Å². The number of hydrogen-bond acceptors (Lipinski definition) is 3. The van der Waals surface area contributed by atoms with Crippen molar-refractivity contribution < 1.29 is 9.47 Å². The van der Waals surface area contributed by atoms with Crippen LogP contribution in [0, 0.1) is 0 Å². The first-order valence-corrected chi connectivity index (χ1v) is 15.7. The summed E-state index contributed by atoms with van der Waals surface area (Å²) < 4.78 is 13.8. The largest absolute Gasteiger partial charge is 0.497 e. The van der Waals surface area contributed by atoms with Crippen LogP contribution < -0.4 is 20.1 Å². The van der Waals surface area contributed by atoms with Crippen molar-refractivity contribution in [1.29, 1.82) is 0 Å². The number of nitrogens with zero attached hydrogens (tertiary/aromatic N) is 1. The van der Waals surface area contributed by atoms with E-state index in [2.05, 4.69) is 152 Å². The summed E-state index contributed by atoms with van der Waals surface area (Å²) in [6, 6.07) is 48.5. The van der Waals surface area contributed by atoms with E-state index in [1.807, 2.05) is 0 Å². The molecule has 2 atom stereocenters. The van der Waals surface area contributed by atoms with Gasteiger partial charge >= 0.3 is 0 Å². The van der Waals surface area contributed by atoms with Crippen LogP contribution in [0.3, 0.4) is 0 Å². The van der Waals surface area contributed by atoms with E-state index in [4.69, 9.17) is 9.47 Å². The topological polar surface area (TPSA) is 21.7 Å². The van der Waals surface area contributed by atoms with Gasteiger partial charge in [-0.25, -0.2) is 0 Å². The second-order valence-corrected chi connectivity index (χ2v) is 12.8. The van der Waals surface area contributed by atoms with Gasteiger partial charge in [0.1, 0.15) is 11.5 Å². The number of rotatable bonds is 9. The van der Waals surface area contributed by atoms with Gasteiger partial charge in [-0.05, 0) is 118 Å². The van der Waals surface area contributed by atoms with Gasteiger partial charge in [-0.2, -0.15) is 0 Å². The molecule has 0 bridgehead atoms. The smallest absolute Gasteiger partial charge is 0.118 e. The Hall–Kier alpha value is -4.17. The van der Waals surface area contributed by atoms with Crippen LogP contribution in [0.15, 0.2) is 133 Å². The van der Waals surface area contributed by atoms with Crippen LogP contribution in [0.5, 0.6) is 11.5 Å². The molecular weight excluding hydrogens is 533 g/mol. The summed E-state index contributed by atoms with van der Waals surface area (Å²) in [5.74, 6) is 1.72. The molecule has 0 aromatic heterocycles. The highest BCUT2D eigenvalue weighted by Crippen LogP contribution is 2.51. The molecule has 3 nitrogen and oxygen atoms in total. The number of benzene rings is 6. The maximum atomic E-state index is 5.54. The Morgan fingerprint density at radius 2 is 0.857 bits per heavy atom. The van der Waals surface area contributed by atoms with Crippen molar-refractivity contribution in [3.05, 3.63) is 145 Å². The maximum Gasteiger partial charge on any atom is 0.118 e. The summed E-state index contributed by atoms with van der Waals surface area (Å²) in [6.07, 6.45) is 0. The predicted octanol–water partition coefficient (Wildman–Crippen LogP) is 9.18. The zero-order chi connectivity index (χ0) is 29.1. The summed E-state index contributed by atoms with van der Waals surface area (Å²) in [6.45, 7) is 4.70. The van der Waals surface area contributed by atoms with Crippen molar-refractivity contribution in [2.45, 2.75) is 25.9 Å². The lowest BCUT2D eigenvalue weighted by Crippen LogP contribution is -2.33. The quantitative estimate of drug-likeness (QED) is 0.162. The van der Waals surface area contributed by atoms with Crippen LogP contribution in [-0.2, 0) is 0 Å². The fourth-order valence-electron chi connectivity index (χ4n) is 5.79. The molecular formula is C38H36NO2P. The van der Waals surface area contributed by atoms with E-state index >= 15 is 0 Å². The molecule has 0 aliphatic rings. The van der Waals surface area contributed by atoms with E-state index in [-0.39, 0.29) is 12.1 Å². The van der Waals surface area contributed by atoms with Crippen molar-refractivity contribution in [2.24, 2.45) is 0 Å². The first kappa shape index (κ1) is 28.0. The highest BCUT2D eigenvalue weighted by Gasteiger charge is 2.33. The van der Waals surface area contributed by atoms with Crippen molar-refractivity contribution in [3.63, 3.8) is 0 Å². The molecule has 0 N–H and O–H groups in total. The van der Waals surface area contributed by atoms with E-state index < -0.39 is 8.07 Å². The highest BCUT2D eigenvalue weighted by atomic mass is 31.1. The summed E-state index contributed by atoms with van der Waals surface area (Å²) in [5.41, 5.74) is 2.60. The molecule has 4 heteroatoms. The zero-order valence-corrected chi connectivity index (χ0v) is 25.5. The van der Waals surface area contributed by atoms with Crippen LogP contribution >= 0.6 is 8.07 Å². The number of ether oxygens (including phenoxy) is 2. The first-order chi connectivity index (χ1) is 20.6. The molecule has 6 aromatic rings. The Bertz CT molecular complexity index is 1670. The average molecular weight is 570 g/mol. The third kappa shape index (κ3) is 5.63. The van der Waals surface area contributed by atoms with E-state index in [9.17, 15) is 0 Å². The highest BCUT2D eigenvalue weighted by molar-refractivity contribution is 7.70. The Morgan fingerprint density at radius 3 is 1.24 bits per heavy atom. The van der Waals surface area contributed by atoms with E-state index in [1.54, 1.807) is 14.2 Å². The van der Waals surface area contributed by atoms with Gasteiger partial charge in [0.15, 0.2) is 0 Å². The van der Waals surface area contributed by atoms with Crippen LogP contribution in [0.4, 0.5) is 0 Å². The molecule has 0 saturated carbocycles. The van der Waals surface area contributed by atoms with Gasteiger partial charge < -0.3 is 9.47 Å². The van der Waals surface area contributed by atoms with Gasteiger partial charge in [-0.3, -0.25) is 4.67 Å². The van der Waals surface area contributed by atoms with Crippen LogP contribution in [0.2, 0.25) is 0 Å². The lowest BCUT2D eigenvalue weighted by Gasteiger charge is -2.42. The van der Waals surface area contributed by atoms with E-state index in [1.165, 1.54) is 43.3 Å². The molecule has 6 aromatic carbocycles. The lowest BCUT2D eigenvalue weighted by molar-refractivity contribution is 0.303. The maximum absolute atomic E-state index is 5.54. The molecule has 0 aliphatic carbocycles. The minimum absolute atomic E-state index is 0.131. The Kier molecular flexibility index (Phi) is 8.24. The lowest BCUT2D eigenvalue weighted by atomic mass is 9.99. The number of hydrogen-bond donors (Lipinski definition) is 0. The summed E-state index contributed by atoms with van der Waals surface area (Å²) in [4.78, 5) is 0. The molecule has 0 amide bonds. The summed E-state index contributed by atoms with van der Waals surface area (Å²) in [5, 5.41) is 7.59. The van der Waals surface area contributed by atoms with Crippen LogP contribution in [-0.4, -0.2) is 18.9 Å². The van der Waals surface area contributed by atoms with Crippen molar-refractivity contribution in [3.8, 4) is 11.5 Å². The molecule has 42 heavy (non-hydrogen) atoms. The molecule has 0 aliphatic heterocycles. The SMILES string of the molecule is COc1ccc(P(c2ccc(OC)cc2)N([C@@H](C)c2ccc3ccccc3c2)[C@@H](C)c2ccc3ccccc3c2)cc1. The summed E-state index contributed by atoms with van der Waals surface area (Å²) >= 11 is 0. The van der Waals surface area contributed by atoms with Gasteiger partial charge in [-0.15, -0.1) is 0 Å². The summed E-state index contributed by atoms with van der Waals surface area (Å²) in [7, 11) is 2.50. The standard InChI is InChI=1S/C38H36NO2P/c1-27(31-15-13-29-9-5-7-11-33(29)25-31)39(28(2)32-16-14-30-10-6-8-12-34(30)26-32)42(37-21-17-35(40-3)18-22-37)38-23-19-36(41-4)20-24-38/h5-28H,1-4H3/t27-,28-/m0/s1. The second-order valence-electron chi connectivity index (χ2n) is 10.7. The van der Waals surface area contributed by atoms with E-state index in [0.717, 1.165) is 11.5 Å². The Morgan fingerprint density at radius 1 is 0.476 bits per heavy atom. The van der Waals surface area contributed by atoms with Crippen LogP contribution in [0.1, 0.15) is 37.1 Å². The van der Waals surface area contributed by atoms with Crippen LogP contribution in [0.25, 0.3) is 21.5 Å². The molecule has 210 valence electrons.